The van der Waals surface area contributed by atoms with Crippen LogP contribution < -0.4 is 5.32 Å². The molecule has 1 N–H and O–H groups in total. The number of amides is 1. The van der Waals surface area contributed by atoms with Crippen LogP contribution in [0.15, 0.2) is 12.4 Å². The molecule has 1 aromatic heterocycles. The van der Waals surface area contributed by atoms with E-state index in [0.29, 0.717) is 12.1 Å². The van der Waals surface area contributed by atoms with E-state index in [1.165, 1.54) is 0 Å². The summed E-state index contributed by atoms with van der Waals surface area (Å²) in [5.74, 6) is -0.0782. The lowest BCUT2D eigenvalue weighted by Crippen LogP contribution is -2.58. The van der Waals surface area contributed by atoms with Gasteiger partial charge in [-0.25, -0.2) is 0 Å². The fourth-order valence-electron chi connectivity index (χ4n) is 2.72. The molecule has 1 saturated heterocycles. The number of hydrogen-bond acceptors (Lipinski definition) is 4. The molecule has 2 rings (SSSR count). The molecule has 1 aliphatic heterocycles. The first kappa shape index (κ1) is 16.0. The van der Waals surface area contributed by atoms with Gasteiger partial charge in [-0.1, -0.05) is 0 Å². The van der Waals surface area contributed by atoms with Crippen LogP contribution in [0.2, 0.25) is 0 Å². The Bertz CT molecular complexity index is 488. The fourth-order valence-corrected chi connectivity index (χ4v) is 2.72. The molecule has 21 heavy (non-hydrogen) atoms. The van der Waals surface area contributed by atoms with E-state index in [4.69, 9.17) is 4.74 Å². The molecule has 2 atom stereocenters. The van der Waals surface area contributed by atoms with Crippen LogP contribution in [0.25, 0.3) is 0 Å². The molecule has 0 spiro atoms. The number of morpholine rings is 1. The van der Waals surface area contributed by atoms with Gasteiger partial charge < -0.3 is 10.1 Å². The van der Waals surface area contributed by atoms with Gasteiger partial charge in [0.2, 0.25) is 0 Å². The van der Waals surface area contributed by atoms with E-state index in [1.54, 1.807) is 24.1 Å². The summed E-state index contributed by atoms with van der Waals surface area (Å²) in [7, 11) is 1.80. The lowest BCUT2D eigenvalue weighted by Gasteiger charge is -2.45. The van der Waals surface area contributed by atoms with E-state index in [2.05, 4.69) is 43.0 Å². The van der Waals surface area contributed by atoms with Gasteiger partial charge in [0.1, 0.15) is 0 Å². The molecule has 0 saturated carbocycles. The number of ether oxygens (including phenoxy) is 1. The maximum absolute atomic E-state index is 12.1. The number of aromatic nitrogens is 2. The smallest absolute Gasteiger partial charge is 0.254 e. The Morgan fingerprint density at radius 3 is 2.57 bits per heavy atom. The van der Waals surface area contributed by atoms with Crippen LogP contribution >= 0.6 is 0 Å². The molecule has 6 heteroatoms. The molecule has 118 valence electrons. The standard InChI is InChI=1S/C15H26N4O2/c1-11-7-19(8-12(2)21-11)15(3,4)10-16-14(20)13-6-17-18(5)9-13/h6,9,11-12H,7-8,10H2,1-5H3,(H,16,20). The molecule has 1 aliphatic rings. The zero-order valence-corrected chi connectivity index (χ0v) is 13.6. The second-order valence-electron chi connectivity index (χ2n) is 6.56. The van der Waals surface area contributed by atoms with Gasteiger partial charge in [0.25, 0.3) is 5.91 Å². The van der Waals surface area contributed by atoms with Crippen molar-refractivity contribution in [3.05, 3.63) is 18.0 Å². The fraction of sp³-hybridized carbons (Fsp3) is 0.733. The summed E-state index contributed by atoms with van der Waals surface area (Å²) >= 11 is 0. The molecule has 0 radical (unpaired) electrons. The molecule has 1 fully saturated rings. The lowest BCUT2D eigenvalue weighted by molar-refractivity contribution is -0.0948. The molecule has 6 nitrogen and oxygen atoms in total. The summed E-state index contributed by atoms with van der Waals surface area (Å²) in [5, 5.41) is 7.03. The lowest BCUT2D eigenvalue weighted by atomic mass is 10.00. The van der Waals surface area contributed by atoms with Crippen molar-refractivity contribution >= 4 is 5.91 Å². The molecule has 1 amide bonds. The van der Waals surface area contributed by atoms with Crippen LogP contribution in [0.3, 0.4) is 0 Å². The van der Waals surface area contributed by atoms with Gasteiger partial charge in [-0.05, 0) is 27.7 Å². The summed E-state index contributed by atoms with van der Waals surface area (Å²) in [6.07, 6.45) is 3.76. The van der Waals surface area contributed by atoms with Crippen molar-refractivity contribution in [1.29, 1.82) is 0 Å². The van der Waals surface area contributed by atoms with Crippen molar-refractivity contribution in [3.8, 4) is 0 Å². The number of carbonyl (C=O) groups excluding carboxylic acids is 1. The van der Waals surface area contributed by atoms with Crippen molar-refractivity contribution < 1.29 is 9.53 Å². The number of nitrogens with one attached hydrogen (secondary N) is 1. The Kier molecular flexibility index (Phi) is 4.68. The molecule has 0 bridgehead atoms. The molecule has 0 aliphatic carbocycles. The van der Waals surface area contributed by atoms with Crippen molar-refractivity contribution in [3.63, 3.8) is 0 Å². The molecule has 2 heterocycles. The second kappa shape index (κ2) is 6.15. The second-order valence-corrected chi connectivity index (χ2v) is 6.56. The Morgan fingerprint density at radius 2 is 2.05 bits per heavy atom. The third-order valence-electron chi connectivity index (χ3n) is 3.92. The monoisotopic (exact) mass is 294 g/mol. The van der Waals surface area contributed by atoms with Crippen molar-refractivity contribution in [1.82, 2.24) is 20.0 Å². The van der Waals surface area contributed by atoms with Gasteiger partial charge in [-0.2, -0.15) is 5.10 Å². The average Bonchev–Trinajstić information content (AvgIpc) is 2.82. The summed E-state index contributed by atoms with van der Waals surface area (Å²) < 4.78 is 7.40. The highest BCUT2D eigenvalue weighted by atomic mass is 16.5. The molecule has 1 aromatic rings. The van der Waals surface area contributed by atoms with Crippen LogP contribution in [0, 0.1) is 0 Å². The maximum Gasteiger partial charge on any atom is 0.254 e. The van der Waals surface area contributed by atoms with E-state index >= 15 is 0 Å². The Labute approximate surface area is 126 Å². The van der Waals surface area contributed by atoms with E-state index in [-0.39, 0.29) is 23.7 Å². The van der Waals surface area contributed by atoms with Gasteiger partial charge in [0.15, 0.2) is 0 Å². The predicted molar refractivity (Wildman–Crippen MR) is 81.2 cm³/mol. The summed E-state index contributed by atoms with van der Waals surface area (Å²) in [5.41, 5.74) is 0.487. The van der Waals surface area contributed by atoms with Crippen LogP contribution in [0.4, 0.5) is 0 Å². The van der Waals surface area contributed by atoms with E-state index in [9.17, 15) is 4.79 Å². The zero-order valence-electron chi connectivity index (χ0n) is 13.6. The summed E-state index contributed by atoms with van der Waals surface area (Å²) in [4.78, 5) is 14.5. The topological polar surface area (TPSA) is 59.4 Å². The normalized spacial score (nSPS) is 24.0. The van der Waals surface area contributed by atoms with E-state index in [1.807, 2.05) is 0 Å². The van der Waals surface area contributed by atoms with Crippen LogP contribution in [-0.4, -0.2) is 58.0 Å². The van der Waals surface area contributed by atoms with Crippen LogP contribution in [0.1, 0.15) is 38.1 Å². The van der Waals surface area contributed by atoms with Crippen LogP contribution in [0.5, 0.6) is 0 Å². The van der Waals surface area contributed by atoms with Gasteiger partial charge in [0.05, 0.1) is 24.0 Å². The zero-order chi connectivity index (χ0) is 15.6. The highest BCUT2D eigenvalue weighted by Gasteiger charge is 2.33. The summed E-state index contributed by atoms with van der Waals surface area (Å²) in [6, 6.07) is 0. The highest BCUT2D eigenvalue weighted by Crippen LogP contribution is 2.20. The molecule has 2 unspecified atom stereocenters. The Morgan fingerprint density at radius 1 is 1.43 bits per heavy atom. The highest BCUT2D eigenvalue weighted by molar-refractivity contribution is 5.93. The van der Waals surface area contributed by atoms with Gasteiger partial charge in [-0.15, -0.1) is 0 Å². The minimum atomic E-state index is -0.107. The van der Waals surface area contributed by atoms with Crippen molar-refractivity contribution in [2.45, 2.75) is 45.4 Å². The SMILES string of the molecule is CC1CN(C(C)(C)CNC(=O)c2cnn(C)c2)CC(C)O1. The third kappa shape index (κ3) is 4.04. The van der Waals surface area contributed by atoms with Crippen molar-refractivity contribution in [2.24, 2.45) is 7.05 Å². The number of nitrogens with zero attached hydrogens (tertiary/aromatic N) is 3. The van der Waals surface area contributed by atoms with Crippen molar-refractivity contribution in [2.75, 3.05) is 19.6 Å². The first-order valence-corrected chi connectivity index (χ1v) is 7.45. The Hall–Kier alpha value is -1.40. The minimum absolute atomic E-state index is 0.0782. The minimum Gasteiger partial charge on any atom is -0.373 e. The largest absolute Gasteiger partial charge is 0.373 e. The average molecular weight is 294 g/mol. The van der Waals surface area contributed by atoms with E-state index in [0.717, 1.165) is 13.1 Å². The van der Waals surface area contributed by atoms with Crippen LogP contribution in [-0.2, 0) is 11.8 Å². The quantitative estimate of drug-likeness (QED) is 0.901. The first-order chi connectivity index (χ1) is 9.78. The van der Waals surface area contributed by atoms with Gasteiger partial charge in [-0.3, -0.25) is 14.4 Å². The number of carbonyl (C=O) groups is 1. The number of rotatable bonds is 4. The maximum atomic E-state index is 12.1. The summed E-state index contributed by atoms with van der Waals surface area (Å²) in [6.45, 7) is 10.9. The third-order valence-corrected chi connectivity index (χ3v) is 3.92. The van der Waals surface area contributed by atoms with Gasteiger partial charge in [0, 0.05) is 38.4 Å². The number of hydrogen-bond donors (Lipinski definition) is 1. The Balaban J connectivity index is 1.92. The number of aryl methyl sites for hydroxylation is 1. The molecular formula is C15H26N4O2. The molecular weight excluding hydrogens is 268 g/mol. The first-order valence-electron chi connectivity index (χ1n) is 7.45. The predicted octanol–water partition coefficient (Wildman–Crippen LogP) is 1.04. The van der Waals surface area contributed by atoms with E-state index < -0.39 is 0 Å². The molecule has 0 aromatic carbocycles. The van der Waals surface area contributed by atoms with Gasteiger partial charge >= 0.3 is 0 Å².